The van der Waals surface area contributed by atoms with Gasteiger partial charge in [-0.05, 0) is 12.8 Å². The average molecular weight is 269 g/mol. The summed E-state index contributed by atoms with van der Waals surface area (Å²) in [6.07, 6.45) is 2.70. The van der Waals surface area contributed by atoms with Gasteiger partial charge in [0.05, 0.1) is 5.69 Å². The third-order valence-electron chi connectivity index (χ3n) is 3.21. The highest BCUT2D eigenvalue weighted by Crippen LogP contribution is 2.20. The maximum atomic E-state index is 4.71. The first-order valence-corrected chi connectivity index (χ1v) is 8.40. The molecule has 94 valence electrons. The molecule has 3 nitrogen and oxygen atoms in total. The molecule has 17 heavy (non-hydrogen) atoms. The predicted octanol–water partition coefficient (Wildman–Crippen LogP) is 1.94. The van der Waals surface area contributed by atoms with Crippen LogP contribution >= 0.6 is 23.1 Å². The van der Waals surface area contributed by atoms with Crippen LogP contribution in [0.5, 0.6) is 0 Å². The van der Waals surface area contributed by atoms with Gasteiger partial charge in [-0.25, -0.2) is 4.98 Å². The second-order valence-corrected chi connectivity index (χ2v) is 6.94. The van der Waals surface area contributed by atoms with Gasteiger partial charge in [-0.1, -0.05) is 0 Å². The van der Waals surface area contributed by atoms with Crippen LogP contribution in [0.1, 0.15) is 23.5 Å². The summed E-state index contributed by atoms with van der Waals surface area (Å²) in [7, 11) is 0. The maximum absolute atomic E-state index is 4.71. The third kappa shape index (κ3) is 3.68. The number of aromatic nitrogens is 1. The van der Waals surface area contributed by atoms with E-state index in [4.69, 9.17) is 4.98 Å². The molecule has 0 aromatic carbocycles. The van der Waals surface area contributed by atoms with Crippen molar-refractivity contribution in [1.82, 2.24) is 15.2 Å². The molecule has 1 aliphatic heterocycles. The number of thiazole rings is 1. The molecule has 1 saturated carbocycles. The van der Waals surface area contributed by atoms with Gasteiger partial charge < -0.3 is 5.32 Å². The summed E-state index contributed by atoms with van der Waals surface area (Å²) in [6.45, 7) is 4.45. The Morgan fingerprint density at radius 2 is 2.18 bits per heavy atom. The van der Waals surface area contributed by atoms with Crippen molar-refractivity contribution in [2.24, 2.45) is 0 Å². The second kappa shape index (κ2) is 5.69. The van der Waals surface area contributed by atoms with Crippen molar-refractivity contribution in [3.63, 3.8) is 0 Å². The molecule has 1 aromatic heterocycles. The van der Waals surface area contributed by atoms with Crippen molar-refractivity contribution >= 4 is 23.1 Å². The first-order chi connectivity index (χ1) is 8.40. The van der Waals surface area contributed by atoms with Gasteiger partial charge in [-0.3, -0.25) is 4.90 Å². The van der Waals surface area contributed by atoms with E-state index in [-0.39, 0.29) is 0 Å². The molecule has 0 bridgehead atoms. The Bertz CT molecular complexity index is 356. The van der Waals surface area contributed by atoms with Crippen LogP contribution in [0.3, 0.4) is 0 Å². The minimum atomic E-state index is 0.779. The molecule has 0 unspecified atom stereocenters. The summed E-state index contributed by atoms with van der Waals surface area (Å²) in [5.41, 5.74) is 1.26. The fourth-order valence-corrected chi connectivity index (χ4v) is 3.72. The lowest BCUT2D eigenvalue weighted by molar-refractivity contribution is 0.291. The predicted molar refractivity (Wildman–Crippen MR) is 74.6 cm³/mol. The molecule has 0 radical (unpaired) electrons. The summed E-state index contributed by atoms with van der Waals surface area (Å²) in [4.78, 5) is 7.23. The van der Waals surface area contributed by atoms with Crippen LogP contribution in [0, 0.1) is 0 Å². The molecule has 1 aliphatic carbocycles. The fraction of sp³-hybridized carbons (Fsp3) is 0.750. The van der Waals surface area contributed by atoms with Crippen molar-refractivity contribution in [2.45, 2.75) is 32.0 Å². The van der Waals surface area contributed by atoms with Crippen molar-refractivity contribution in [3.8, 4) is 0 Å². The third-order valence-corrected chi connectivity index (χ3v) is 5.05. The largest absolute Gasteiger partial charge is 0.308 e. The normalized spacial score (nSPS) is 21.9. The van der Waals surface area contributed by atoms with Crippen molar-refractivity contribution in [2.75, 3.05) is 24.6 Å². The zero-order valence-electron chi connectivity index (χ0n) is 10.0. The Hall–Kier alpha value is -0.100. The van der Waals surface area contributed by atoms with Gasteiger partial charge in [-0.2, -0.15) is 11.8 Å². The monoisotopic (exact) mass is 269 g/mol. The fourth-order valence-electron chi connectivity index (χ4n) is 2.01. The Labute approximate surface area is 111 Å². The topological polar surface area (TPSA) is 28.2 Å². The number of rotatable bonds is 5. The minimum absolute atomic E-state index is 0.779. The highest BCUT2D eigenvalue weighted by atomic mass is 32.2. The first kappa shape index (κ1) is 12.0. The van der Waals surface area contributed by atoms with Gasteiger partial charge in [-0.15, -0.1) is 11.3 Å². The molecule has 5 heteroatoms. The molecule has 0 atom stereocenters. The van der Waals surface area contributed by atoms with Crippen LogP contribution in [-0.4, -0.2) is 40.5 Å². The highest BCUT2D eigenvalue weighted by Gasteiger charge is 2.20. The minimum Gasteiger partial charge on any atom is -0.308 e. The van der Waals surface area contributed by atoms with E-state index < -0.39 is 0 Å². The SMILES string of the molecule is c1sc(CNC2CC2)nc1CN1CCSCC1. The first-order valence-electron chi connectivity index (χ1n) is 6.37. The number of nitrogens with zero attached hydrogens (tertiary/aromatic N) is 2. The van der Waals surface area contributed by atoms with Gasteiger partial charge in [0.15, 0.2) is 0 Å². The quantitative estimate of drug-likeness (QED) is 0.884. The standard InChI is InChI=1S/C12H19N3S2/c1-2-10(1)13-7-12-14-11(9-17-12)8-15-3-5-16-6-4-15/h9-10,13H,1-8H2. The number of hydrogen-bond donors (Lipinski definition) is 1. The zero-order chi connectivity index (χ0) is 11.5. The molecule has 0 spiro atoms. The molecule has 1 N–H and O–H groups in total. The Morgan fingerprint density at radius 3 is 2.94 bits per heavy atom. The maximum Gasteiger partial charge on any atom is 0.107 e. The lowest BCUT2D eigenvalue weighted by Gasteiger charge is -2.25. The van der Waals surface area contributed by atoms with E-state index in [2.05, 4.69) is 27.4 Å². The summed E-state index contributed by atoms with van der Waals surface area (Å²) < 4.78 is 0. The van der Waals surface area contributed by atoms with Crippen molar-refractivity contribution in [3.05, 3.63) is 16.1 Å². The lowest BCUT2D eigenvalue weighted by atomic mass is 10.4. The summed E-state index contributed by atoms with van der Waals surface area (Å²) >= 11 is 3.87. The van der Waals surface area contributed by atoms with Crippen LogP contribution in [-0.2, 0) is 13.1 Å². The molecule has 1 aromatic rings. The number of thioether (sulfide) groups is 1. The number of nitrogens with one attached hydrogen (secondary N) is 1. The summed E-state index contributed by atoms with van der Waals surface area (Å²) in [5.74, 6) is 2.56. The Balaban J connectivity index is 1.48. The van der Waals surface area contributed by atoms with Crippen LogP contribution in [0.25, 0.3) is 0 Å². The van der Waals surface area contributed by atoms with Crippen LogP contribution < -0.4 is 5.32 Å². The van der Waals surface area contributed by atoms with E-state index in [1.165, 1.54) is 48.1 Å². The Kier molecular flexibility index (Phi) is 4.01. The summed E-state index contributed by atoms with van der Waals surface area (Å²) in [5, 5.41) is 7.00. The van der Waals surface area contributed by atoms with Gasteiger partial charge in [0, 0.05) is 49.1 Å². The van der Waals surface area contributed by atoms with Gasteiger partial charge >= 0.3 is 0 Å². The van der Waals surface area contributed by atoms with Gasteiger partial charge in [0.1, 0.15) is 5.01 Å². The van der Waals surface area contributed by atoms with E-state index >= 15 is 0 Å². The van der Waals surface area contributed by atoms with E-state index in [1.807, 2.05) is 0 Å². The van der Waals surface area contributed by atoms with E-state index in [0.29, 0.717) is 0 Å². The molecule has 1 saturated heterocycles. The van der Waals surface area contributed by atoms with E-state index in [9.17, 15) is 0 Å². The van der Waals surface area contributed by atoms with Crippen LogP contribution in [0.4, 0.5) is 0 Å². The molecule has 0 amide bonds. The molecule has 2 heterocycles. The molecule has 2 fully saturated rings. The average Bonchev–Trinajstić information content (AvgIpc) is 3.09. The molecule has 2 aliphatic rings. The molecule has 3 rings (SSSR count). The van der Waals surface area contributed by atoms with E-state index in [1.54, 1.807) is 11.3 Å². The zero-order valence-corrected chi connectivity index (χ0v) is 11.7. The van der Waals surface area contributed by atoms with Crippen molar-refractivity contribution in [1.29, 1.82) is 0 Å². The van der Waals surface area contributed by atoms with Crippen LogP contribution in [0.2, 0.25) is 0 Å². The Morgan fingerprint density at radius 1 is 1.35 bits per heavy atom. The number of hydrogen-bond acceptors (Lipinski definition) is 5. The van der Waals surface area contributed by atoms with E-state index in [0.717, 1.165) is 19.1 Å². The van der Waals surface area contributed by atoms with Gasteiger partial charge in [0.25, 0.3) is 0 Å². The lowest BCUT2D eigenvalue weighted by Crippen LogP contribution is -2.32. The van der Waals surface area contributed by atoms with Gasteiger partial charge in [0.2, 0.25) is 0 Å². The molecular weight excluding hydrogens is 250 g/mol. The smallest absolute Gasteiger partial charge is 0.107 e. The second-order valence-electron chi connectivity index (χ2n) is 4.78. The highest BCUT2D eigenvalue weighted by molar-refractivity contribution is 7.99. The molecular formula is C12H19N3S2. The van der Waals surface area contributed by atoms with Crippen molar-refractivity contribution < 1.29 is 0 Å². The summed E-state index contributed by atoms with van der Waals surface area (Å²) in [6, 6.07) is 0.779. The van der Waals surface area contributed by atoms with Crippen LogP contribution in [0.15, 0.2) is 5.38 Å².